The highest BCUT2D eigenvalue weighted by Gasteiger charge is 2.38. The van der Waals surface area contributed by atoms with Crippen LogP contribution in [0.2, 0.25) is 0 Å². The number of hydrogen-bond acceptors (Lipinski definition) is 5. The first-order chi connectivity index (χ1) is 12.2. The molecule has 2 aliphatic heterocycles. The van der Waals surface area contributed by atoms with Crippen LogP contribution in [0.1, 0.15) is 18.4 Å². The van der Waals surface area contributed by atoms with E-state index in [4.69, 9.17) is 10.5 Å². The Balaban J connectivity index is 0.00000182. The average Bonchev–Trinajstić information content (AvgIpc) is 2.68. The predicted molar refractivity (Wildman–Crippen MR) is 119 cm³/mol. The summed E-state index contributed by atoms with van der Waals surface area (Å²) in [5.41, 5.74) is 7.59. The topological polar surface area (TPSA) is 67.6 Å². The summed E-state index contributed by atoms with van der Waals surface area (Å²) in [7, 11) is 0. The zero-order chi connectivity index (χ0) is 17.5. The van der Waals surface area contributed by atoms with Crippen molar-refractivity contribution in [1.82, 2.24) is 4.90 Å². The van der Waals surface area contributed by atoms with Crippen LogP contribution in [0, 0.1) is 5.41 Å². The van der Waals surface area contributed by atoms with Crippen LogP contribution in [0.5, 0.6) is 0 Å². The fourth-order valence-corrected chi connectivity index (χ4v) is 4.40. The van der Waals surface area contributed by atoms with Crippen LogP contribution in [-0.4, -0.2) is 61.7 Å². The van der Waals surface area contributed by atoms with Crippen molar-refractivity contribution in [3.63, 3.8) is 0 Å². The van der Waals surface area contributed by atoms with Gasteiger partial charge in [0.15, 0.2) is 0 Å². The van der Waals surface area contributed by atoms with Crippen LogP contribution >= 0.6 is 36.6 Å². The minimum Gasteiger partial charge on any atom is -0.381 e. The Labute approximate surface area is 179 Å². The van der Waals surface area contributed by atoms with Crippen LogP contribution in [0.4, 0.5) is 5.69 Å². The highest BCUT2D eigenvalue weighted by Crippen LogP contribution is 2.31. The lowest BCUT2D eigenvalue weighted by Crippen LogP contribution is -2.46. The third-order valence-electron chi connectivity index (χ3n) is 5.35. The molecule has 2 saturated heterocycles. The molecule has 0 atom stereocenters. The highest BCUT2D eigenvalue weighted by atomic mass is 35.5. The molecule has 8 heteroatoms. The first-order valence-electron chi connectivity index (χ1n) is 9.20. The van der Waals surface area contributed by atoms with Crippen molar-refractivity contribution < 1.29 is 9.53 Å². The van der Waals surface area contributed by atoms with Gasteiger partial charge in [0.25, 0.3) is 0 Å². The molecular formula is C19H31Cl2N3O2S. The summed E-state index contributed by atoms with van der Waals surface area (Å²) in [6.07, 6.45) is 2.45. The number of ether oxygens (including phenoxy) is 1. The molecule has 2 aliphatic rings. The van der Waals surface area contributed by atoms with E-state index in [0.717, 1.165) is 18.7 Å². The minimum absolute atomic E-state index is 0. The Hall–Kier alpha value is -0.500. The molecule has 2 fully saturated rings. The maximum Gasteiger partial charge on any atom is 0.232 e. The third-order valence-corrected chi connectivity index (χ3v) is 6.30. The summed E-state index contributed by atoms with van der Waals surface area (Å²) in [6, 6.07) is 8.24. The predicted octanol–water partition coefficient (Wildman–Crippen LogP) is 2.82. The largest absolute Gasteiger partial charge is 0.381 e. The Morgan fingerprint density at radius 3 is 2.37 bits per heavy atom. The number of nitrogens with zero attached hydrogens (tertiary/aromatic N) is 1. The van der Waals surface area contributed by atoms with E-state index in [1.807, 2.05) is 23.9 Å². The molecule has 0 saturated carbocycles. The Bertz CT molecular complexity index is 563. The average molecular weight is 436 g/mol. The van der Waals surface area contributed by atoms with Gasteiger partial charge in [-0.25, -0.2) is 0 Å². The van der Waals surface area contributed by atoms with E-state index < -0.39 is 5.41 Å². The molecule has 1 amide bonds. The maximum absolute atomic E-state index is 12.7. The Morgan fingerprint density at radius 1 is 1.15 bits per heavy atom. The van der Waals surface area contributed by atoms with Gasteiger partial charge in [-0.3, -0.25) is 4.79 Å². The number of rotatable bonds is 6. The van der Waals surface area contributed by atoms with Gasteiger partial charge in [0.2, 0.25) is 5.91 Å². The number of nitrogens with one attached hydrogen (secondary N) is 1. The standard InChI is InChI=1S/C19H29N3O2S.2ClH/c20-15-19(6-11-24-12-7-19)18(23)21-17-3-1-16(2-4-17)5-8-22-9-13-25-14-10-22;;/h1-4H,5-15,20H2,(H,21,23);2*1H. The second kappa shape index (κ2) is 12.1. The lowest BCUT2D eigenvalue weighted by molar-refractivity contribution is -0.130. The molecule has 2 heterocycles. The van der Waals surface area contributed by atoms with Crippen molar-refractivity contribution in [3.05, 3.63) is 29.8 Å². The number of carbonyl (C=O) groups excluding carboxylic acids is 1. The number of amides is 1. The third kappa shape index (κ3) is 6.80. The summed E-state index contributed by atoms with van der Waals surface area (Å²) in [5.74, 6) is 2.52. The molecule has 3 rings (SSSR count). The summed E-state index contributed by atoms with van der Waals surface area (Å²) in [5, 5.41) is 3.05. The molecule has 0 spiro atoms. The van der Waals surface area contributed by atoms with Gasteiger partial charge in [-0.1, -0.05) is 12.1 Å². The lowest BCUT2D eigenvalue weighted by Gasteiger charge is -2.34. The van der Waals surface area contributed by atoms with E-state index in [1.165, 1.54) is 30.2 Å². The second-order valence-electron chi connectivity index (χ2n) is 6.95. The summed E-state index contributed by atoms with van der Waals surface area (Å²) in [6.45, 7) is 5.10. The fourth-order valence-electron chi connectivity index (χ4n) is 3.42. The molecule has 5 nitrogen and oxygen atoms in total. The molecule has 3 N–H and O–H groups in total. The summed E-state index contributed by atoms with van der Waals surface area (Å²) < 4.78 is 5.38. The number of carbonyl (C=O) groups is 1. The normalized spacial score (nSPS) is 19.4. The zero-order valence-corrected chi connectivity index (χ0v) is 18.1. The van der Waals surface area contributed by atoms with E-state index in [1.54, 1.807) is 0 Å². The van der Waals surface area contributed by atoms with Crippen LogP contribution in [0.3, 0.4) is 0 Å². The van der Waals surface area contributed by atoms with Gasteiger partial charge in [0.1, 0.15) is 0 Å². The molecule has 0 radical (unpaired) electrons. The second-order valence-corrected chi connectivity index (χ2v) is 8.18. The zero-order valence-electron chi connectivity index (χ0n) is 15.7. The van der Waals surface area contributed by atoms with Crippen molar-refractivity contribution in [2.75, 3.05) is 56.2 Å². The number of benzene rings is 1. The SMILES string of the molecule is Cl.Cl.NCC1(C(=O)Nc2ccc(CCN3CCSCC3)cc2)CCOCC1. The molecule has 27 heavy (non-hydrogen) atoms. The monoisotopic (exact) mass is 435 g/mol. The number of hydrogen-bond donors (Lipinski definition) is 2. The molecule has 1 aromatic rings. The van der Waals surface area contributed by atoms with Crippen molar-refractivity contribution in [1.29, 1.82) is 0 Å². The summed E-state index contributed by atoms with van der Waals surface area (Å²) >= 11 is 2.04. The van der Waals surface area contributed by atoms with E-state index in [0.29, 0.717) is 32.6 Å². The van der Waals surface area contributed by atoms with Crippen molar-refractivity contribution in [3.8, 4) is 0 Å². The van der Waals surface area contributed by atoms with Crippen molar-refractivity contribution in [2.24, 2.45) is 11.1 Å². The quantitative estimate of drug-likeness (QED) is 0.718. The number of thioether (sulfide) groups is 1. The first kappa shape index (κ1) is 24.5. The maximum atomic E-state index is 12.7. The van der Waals surface area contributed by atoms with E-state index in [-0.39, 0.29) is 30.7 Å². The van der Waals surface area contributed by atoms with Crippen LogP contribution in [-0.2, 0) is 16.0 Å². The highest BCUT2D eigenvalue weighted by molar-refractivity contribution is 7.99. The van der Waals surface area contributed by atoms with Gasteiger partial charge < -0.3 is 20.7 Å². The van der Waals surface area contributed by atoms with Crippen LogP contribution < -0.4 is 11.1 Å². The molecule has 0 aromatic heterocycles. The van der Waals surface area contributed by atoms with Gasteiger partial charge in [-0.05, 0) is 37.0 Å². The first-order valence-corrected chi connectivity index (χ1v) is 10.4. The van der Waals surface area contributed by atoms with Crippen molar-refractivity contribution in [2.45, 2.75) is 19.3 Å². The number of nitrogens with two attached hydrogens (primary N) is 1. The van der Waals surface area contributed by atoms with Gasteiger partial charge >= 0.3 is 0 Å². The smallest absolute Gasteiger partial charge is 0.232 e. The molecule has 154 valence electrons. The lowest BCUT2D eigenvalue weighted by atomic mass is 9.79. The Kier molecular flexibility index (Phi) is 11.0. The molecular weight excluding hydrogens is 405 g/mol. The van der Waals surface area contributed by atoms with Crippen molar-refractivity contribution >= 4 is 48.2 Å². The van der Waals surface area contributed by atoms with E-state index in [9.17, 15) is 4.79 Å². The molecule has 0 aliphatic carbocycles. The molecule has 1 aromatic carbocycles. The Morgan fingerprint density at radius 2 is 1.78 bits per heavy atom. The van der Waals surface area contributed by atoms with Gasteiger partial charge in [0, 0.05) is 56.6 Å². The van der Waals surface area contributed by atoms with E-state index in [2.05, 4.69) is 22.3 Å². The van der Waals surface area contributed by atoms with E-state index >= 15 is 0 Å². The minimum atomic E-state index is -0.483. The van der Waals surface area contributed by atoms with Gasteiger partial charge in [-0.15, -0.1) is 24.8 Å². The fraction of sp³-hybridized carbons (Fsp3) is 0.632. The van der Waals surface area contributed by atoms with Crippen LogP contribution in [0.25, 0.3) is 0 Å². The number of halogens is 2. The van der Waals surface area contributed by atoms with Gasteiger partial charge in [-0.2, -0.15) is 11.8 Å². The molecule has 0 unspecified atom stereocenters. The van der Waals surface area contributed by atoms with Gasteiger partial charge in [0.05, 0.1) is 5.41 Å². The summed E-state index contributed by atoms with van der Waals surface area (Å²) in [4.78, 5) is 15.2. The number of anilines is 1. The molecule has 0 bridgehead atoms. The van der Waals surface area contributed by atoms with Crippen LogP contribution in [0.15, 0.2) is 24.3 Å².